The highest BCUT2D eigenvalue weighted by atomic mass is 15.1. The van der Waals surface area contributed by atoms with Crippen LogP contribution < -0.4 is 10.2 Å². The van der Waals surface area contributed by atoms with Crippen LogP contribution in [0.15, 0.2) is 24.3 Å². The van der Waals surface area contributed by atoms with Gasteiger partial charge in [0.15, 0.2) is 0 Å². The molecule has 15 heavy (non-hydrogen) atoms. The molecule has 0 saturated heterocycles. The molecule has 0 radical (unpaired) electrons. The second-order valence-electron chi connectivity index (χ2n) is 3.85. The van der Waals surface area contributed by atoms with E-state index in [0.717, 1.165) is 5.69 Å². The molecule has 1 atom stereocenters. The smallest absolute Gasteiger partial charge is 0.0671 e. The molecular weight excluding hydrogens is 186 g/mol. The summed E-state index contributed by atoms with van der Waals surface area (Å²) in [6.45, 7) is 2.60. The summed E-state index contributed by atoms with van der Waals surface area (Å²) in [5.41, 5.74) is 2.23. The van der Waals surface area contributed by atoms with Crippen molar-refractivity contribution in [2.45, 2.75) is 6.92 Å². The SMILES string of the molecule is CC(C#N)CNc1ccc(N(C)C)cc1. The number of nitriles is 1. The zero-order valence-corrected chi connectivity index (χ0v) is 9.49. The minimum Gasteiger partial charge on any atom is -0.384 e. The van der Waals surface area contributed by atoms with Gasteiger partial charge in [0, 0.05) is 32.0 Å². The Labute approximate surface area is 91.3 Å². The quantitative estimate of drug-likeness (QED) is 0.816. The van der Waals surface area contributed by atoms with Crippen LogP contribution in [0.25, 0.3) is 0 Å². The molecule has 3 nitrogen and oxygen atoms in total. The van der Waals surface area contributed by atoms with Gasteiger partial charge in [-0.15, -0.1) is 0 Å². The van der Waals surface area contributed by atoms with Crippen molar-refractivity contribution in [2.75, 3.05) is 30.9 Å². The van der Waals surface area contributed by atoms with Crippen molar-refractivity contribution in [2.24, 2.45) is 5.92 Å². The zero-order valence-electron chi connectivity index (χ0n) is 9.49. The Morgan fingerprint density at radius 1 is 1.33 bits per heavy atom. The number of nitrogens with one attached hydrogen (secondary N) is 1. The first-order valence-electron chi connectivity index (χ1n) is 5.04. The maximum Gasteiger partial charge on any atom is 0.0671 e. The zero-order chi connectivity index (χ0) is 11.3. The highest BCUT2D eigenvalue weighted by Crippen LogP contribution is 2.15. The van der Waals surface area contributed by atoms with Crippen LogP contribution in [-0.2, 0) is 0 Å². The topological polar surface area (TPSA) is 39.1 Å². The van der Waals surface area contributed by atoms with Crippen LogP contribution in [0.2, 0.25) is 0 Å². The summed E-state index contributed by atoms with van der Waals surface area (Å²) >= 11 is 0. The molecule has 0 aliphatic carbocycles. The van der Waals surface area contributed by atoms with Gasteiger partial charge in [0.05, 0.1) is 12.0 Å². The summed E-state index contributed by atoms with van der Waals surface area (Å²) in [5.74, 6) is 0.0403. The van der Waals surface area contributed by atoms with Crippen LogP contribution in [0, 0.1) is 17.2 Å². The van der Waals surface area contributed by atoms with Gasteiger partial charge >= 0.3 is 0 Å². The first-order chi connectivity index (χ1) is 7.13. The molecule has 1 aromatic carbocycles. The lowest BCUT2D eigenvalue weighted by Crippen LogP contribution is -2.10. The predicted molar refractivity (Wildman–Crippen MR) is 64.0 cm³/mol. The average Bonchev–Trinajstić information content (AvgIpc) is 2.26. The van der Waals surface area contributed by atoms with E-state index in [1.807, 2.05) is 33.2 Å². The first-order valence-corrected chi connectivity index (χ1v) is 5.04. The maximum absolute atomic E-state index is 8.63. The summed E-state index contributed by atoms with van der Waals surface area (Å²) in [5, 5.41) is 11.9. The van der Waals surface area contributed by atoms with Crippen molar-refractivity contribution >= 4 is 11.4 Å². The van der Waals surface area contributed by atoms with E-state index in [1.54, 1.807) is 0 Å². The molecule has 80 valence electrons. The Kier molecular flexibility index (Phi) is 3.99. The fraction of sp³-hybridized carbons (Fsp3) is 0.417. The Morgan fingerprint density at radius 3 is 2.40 bits per heavy atom. The molecular formula is C12H17N3. The van der Waals surface area contributed by atoms with Crippen LogP contribution in [0.5, 0.6) is 0 Å². The highest BCUT2D eigenvalue weighted by molar-refractivity contribution is 5.54. The molecule has 1 aromatic rings. The molecule has 1 unspecified atom stereocenters. The van der Waals surface area contributed by atoms with Crippen molar-refractivity contribution in [3.63, 3.8) is 0 Å². The van der Waals surface area contributed by atoms with Crippen LogP contribution in [0.4, 0.5) is 11.4 Å². The van der Waals surface area contributed by atoms with Crippen LogP contribution in [0.1, 0.15) is 6.92 Å². The molecule has 1 rings (SSSR count). The van der Waals surface area contributed by atoms with Crippen LogP contribution >= 0.6 is 0 Å². The number of hydrogen-bond donors (Lipinski definition) is 1. The van der Waals surface area contributed by atoms with Crippen molar-refractivity contribution < 1.29 is 0 Å². The fourth-order valence-electron chi connectivity index (χ4n) is 1.19. The number of hydrogen-bond acceptors (Lipinski definition) is 3. The molecule has 0 heterocycles. The number of nitrogens with zero attached hydrogens (tertiary/aromatic N) is 2. The number of anilines is 2. The second-order valence-corrected chi connectivity index (χ2v) is 3.85. The van der Waals surface area contributed by atoms with Gasteiger partial charge in [-0.1, -0.05) is 0 Å². The van der Waals surface area contributed by atoms with E-state index in [2.05, 4.69) is 28.4 Å². The molecule has 0 bridgehead atoms. The average molecular weight is 203 g/mol. The van der Waals surface area contributed by atoms with E-state index >= 15 is 0 Å². The lowest BCUT2D eigenvalue weighted by atomic mass is 10.2. The summed E-state index contributed by atoms with van der Waals surface area (Å²) < 4.78 is 0. The standard InChI is InChI=1S/C12H17N3/c1-10(8-13)9-14-11-4-6-12(7-5-11)15(2)3/h4-7,10,14H,9H2,1-3H3. The van der Waals surface area contributed by atoms with Gasteiger partial charge in [-0.2, -0.15) is 5.26 Å². The summed E-state index contributed by atoms with van der Waals surface area (Å²) in [6.07, 6.45) is 0. The third-order valence-electron chi connectivity index (χ3n) is 2.22. The lowest BCUT2D eigenvalue weighted by molar-refractivity contribution is 0.786. The van der Waals surface area contributed by atoms with Gasteiger partial charge in [-0.25, -0.2) is 0 Å². The number of rotatable bonds is 4. The minimum atomic E-state index is 0.0403. The monoisotopic (exact) mass is 203 g/mol. The summed E-state index contributed by atoms with van der Waals surface area (Å²) in [6, 6.07) is 10.4. The Bertz CT molecular complexity index is 335. The van der Waals surface area contributed by atoms with Crippen molar-refractivity contribution in [3.8, 4) is 6.07 Å². The van der Waals surface area contributed by atoms with E-state index in [4.69, 9.17) is 5.26 Å². The van der Waals surface area contributed by atoms with Crippen LogP contribution in [-0.4, -0.2) is 20.6 Å². The Hall–Kier alpha value is -1.69. The van der Waals surface area contributed by atoms with Crippen molar-refractivity contribution in [1.82, 2.24) is 0 Å². The normalized spacial score (nSPS) is 11.6. The maximum atomic E-state index is 8.63. The van der Waals surface area contributed by atoms with E-state index in [1.165, 1.54) is 5.69 Å². The van der Waals surface area contributed by atoms with Gasteiger partial charge in [-0.05, 0) is 31.2 Å². The third-order valence-corrected chi connectivity index (χ3v) is 2.22. The molecule has 0 aromatic heterocycles. The van der Waals surface area contributed by atoms with Crippen molar-refractivity contribution in [1.29, 1.82) is 5.26 Å². The first kappa shape index (κ1) is 11.4. The fourth-order valence-corrected chi connectivity index (χ4v) is 1.19. The Morgan fingerprint density at radius 2 is 1.93 bits per heavy atom. The van der Waals surface area contributed by atoms with E-state index in [-0.39, 0.29) is 5.92 Å². The molecule has 0 spiro atoms. The molecule has 3 heteroatoms. The molecule has 0 fully saturated rings. The number of benzene rings is 1. The summed E-state index contributed by atoms with van der Waals surface area (Å²) in [4.78, 5) is 2.06. The van der Waals surface area contributed by atoms with Gasteiger partial charge < -0.3 is 10.2 Å². The molecule has 0 amide bonds. The minimum absolute atomic E-state index is 0.0403. The Balaban J connectivity index is 2.54. The van der Waals surface area contributed by atoms with Crippen LogP contribution in [0.3, 0.4) is 0 Å². The lowest BCUT2D eigenvalue weighted by Gasteiger charge is -2.13. The molecule has 0 aliphatic rings. The predicted octanol–water partition coefficient (Wildman–Crippen LogP) is 2.32. The van der Waals surface area contributed by atoms with Gasteiger partial charge in [0.2, 0.25) is 0 Å². The van der Waals surface area contributed by atoms with E-state index < -0.39 is 0 Å². The van der Waals surface area contributed by atoms with Gasteiger partial charge in [0.1, 0.15) is 0 Å². The largest absolute Gasteiger partial charge is 0.384 e. The van der Waals surface area contributed by atoms with E-state index in [0.29, 0.717) is 6.54 Å². The molecule has 0 aliphatic heterocycles. The third kappa shape index (κ3) is 3.51. The van der Waals surface area contributed by atoms with Gasteiger partial charge in [0.25, 0.3) is 0 Å². The molecule has 0 saturated carbocycles. The summed E-state index contributed by atoms with van der Waals surface area (Å²) in [7, 11) is 4.03. The van der Waals surface area contributed by atoms with Crippen molar-refractivity contribution in [3.05, 3.63) is 24.3 Å². The molecule has 1 N–H and O–H groups in total. The highest BCUT2D eigenvalue weighted by Gasteiger charge is 1.99. The second kappa shape index (κ2) is 5.26. The van der Waals surface area contributed by atoms with Gasteiger partial charge in [-0.3, -0.25) is 0 Å². The van der Waals surface area contributed by atoms with E-state index in [9.17, 15) is 0 Å².